The van der Waals surface area contributed by atoms with Crippen LogP contribution in [0.1, 0.15) is 44.6 Å². The first kappa shape index (κ1) is 20.2. The number of halogens is 1. The van der Waals surface area contributed by atoms with Crippen molar-refractivity contribution in [2.75, 3.05) is 38.8 Å². The highest BCUT2D eigenvalue weighted by atomic mass is 35.5. The molecule has 0 spiro atoms. The van der Waals surface area contributed by atoms with Crippen molar-refractivity contribution in [3.05, 3.63) is 10.8 Å². The van der Waals surface area contributed by atoms with E-state index in [0.29, 0.717) is 11.8 Å². The number of nitrogens with zero attached hydrogens (tertiary/aromatic N) is 6. The molecule has 1 fully saturated rings. The molecule has 1 saturated heterocycles. The van der Waals surface area contributed by atoms with Crippen LogP contribution >= 0.6 is 11.6 Å². The van der Waals surface area contributed by atoms with Gasteiger partial charge in [0.05, 0.1) is 0 Å². The van der Waals surface area contributed by atoms with Crippen LogP contribution in [0.5, 0.6) is 0 Å². The van der Waals surface area contributed by atoms with E-state index in [2.05, 4.69) is 42.7 Å². The summed E-state index contributed by atoms with van der Waals surface area (Å²) in [6.45, 7) is 8.53. The Bertz CT molecular complexity index is 736. The fourth-order valence-corrected chi connectivity index (χ4v) is 3.36. The zero-order valence-corrected chi connectivity index (χ0v) is 17.5. The molecule has 2 heterocycles. The van der Waals surface area contributed by atoms with Gasteiger partial charge in [-0.05, 0) is 34.1 Å². The Morgan fingerprint density at radius 1 is 1.15 bits per heavy atom. The van der Waals surface area contributed by atoms with Crippen LogP contribution in [0, 0.1) is 0 Å². The van der Waals surface area contributed by atoms with Gasteiger partial charge in [-0.25, -0.2) is 9.97 Å². The highest BCUT2D eigenvalue weighted by Crippen LogP contribution is 2.35. The van der Waals surface area contributed by atoms with E-state index in [1.54, 1.807) is 19.0 Å². The molecular formula is C17H28ClN7O. The largest absolute Gasteiger partial charge is 0.381 e. The van der Waals surface area contributed by atoms with Gasteiger partial charge in [0, 0.05) is 39.3 Å². The molecule has 144 valence electrons. The van der Waals surface area contributed by atoms with Crippen LogP contribution in [-0.4, -0.2) is 70.9 Å². The standard InChI is InChI=1S/C17H28ClN7O/c1-16(2)9-17(3,4)25(8)15(24(16)7)22-14(26)10-13(23(5)6)21-12(19)11(18)20-10/h9H2,1-8H3,(H2,19,21). The summed E-state index contributed by atoms with van der Waals surface area (Å²) in [6, 6.07) is 0. The third-order valence-electron chi connectivity index (χ3n) is 4.97. The highest BCUT2D eigenvalue weighted by molar-refractivity contribution is 6.31. The van der Waals surface area contributed by atoms with Gasteiger partial charge >= 0.3 is 5.91 Å². The smallest absolute Gasteiger partial charge is 0.302 e. The molecule has 8 nitrogen and oxygen atoms in total. The van der Waals surface area contributed by atoms with Gasteiger partial charge in [-0.2, -0.15) is 4.99 Å². The maximum absolute atomic E-state index is 12.9. The normalized spacial score (nSPS) is 18.7. The van der Waals surface area contributed by atoms with Crippen LogP contribution in [0.15, 0.2) is 4.99 Å². The molecule has 1 aromatic rings. The zero-order valence-electron chi connectivity index (χ0n) is 16.8. The van der Waals surface area contributed by atoms with Crippen molar-refractivity contribution in [2.45, 2.75) is 45.2 Å². The van der Waals surface area contributed by atoms with Crippen molar-refractivity contribution >= 4 is 35.1 Å². The van der Waals surface area contributed by atoms with Gasteiger partial charge in [-0.1, -0.05) is 11.6 Å². The molecule has 9 heteroatoms. The zero-order chi connectivity index (χ0) is 20.0. The molecule has 0 aliphatic carbocycles. The minimum atomic E-state index is -0.509. The van der Waals surface area contributed by atoms with Crippen molar-refractivity contribution in [3.63, 3.8) is 0 Å². The van der Waals surface area contributed by atoms with Gasteiger partial charge in [-0.3, -0.25) is 4.79 Å². The summed E-state index contributed by atoms with van der Waals surface area (Å²) in [7, 11) is 7.39. The van der Waals surface area contributed by atoms with Gasteiger partial charge in [0.15, 0.2) is 22.5 Å². The minimum Gasteiger partial charge on any atom is -0.381 e. The molecule has 0 atom stereocenters. The summed E-state index contributed by atoms with van der Waals surface area (Å²) in [5.41, 5.74) is 5.51. The number of carbonyl (C=O) groups excluding carboxylic acids is 1. The number of anilines is 2. The highest BCUT2D eigenvalue weighted by Gasteiger charge is 2.44. The van der Waals surface area contributed by atoms with Crippen molar-refractivity contribution in [1.82, 2.24) is 19.8 Å². The third-order valence-corrected chi connectivity index (χ3v) is 5.25. The number of nitrogens with two attached hydrogens (primary N) is 1. The molecule has 1 aromatic heterocycles. The monoisotopic (exact) mass is 381 g/mol. The molecule has 0 unspecified atom stereocenters. The molecule has 26 heavy (non-hydrogen) atoms. The average Bonchev–Trinajstić information content (AvgIpc) is 2.50. The van der Waals surface area contributed by atoms with Crippen LogP contribution in [-0.2, 0) is 0 Å². The molecule has 1 aliphatic heterocycles. The van der Waals surface area contributed by atoms with Crippen LogP contribution in [0.4, 0.5) is 11.6 Å². The Balaban J connectivity index is 2.55. The lowest BCUT2D eigenvalue weighted by atomic mass is 9.82. The molecule has 1 amide bonds. The van der Waals surface area contributed by atoms with E-state index < -0.39 is 5.91 Å². The predicted molar refractivity (Wildman–Crippen MR) is 106 cm³/mol. The second-order valence-corrected chi connectivity index (χ2v) is 8.46. The topological polar surface area (TPSA) is 91.0 Å². The molecular weight excluding hydrogens is 354 g/mol. The van der Waals surface area contributed by atoms with E-state index in [4.69, 9.17) is 17.3 Å². The Morgan fingerprint density at radius 2 is 1.65 bits per heavy atom. The first-order valence-corrected chi connectivity index (χ1v) is 8.77. The minimum absolute atomic E-state index is 0.00911. The van der Waals surface area contributed by atoms with Crippen molar-refractivity contribution in [2.24, 2.45) is 4.99 Å². The molecule has 2 rings (SSSR count). The Morgan fingerprint density at radius 3 is 2.12 bits per heavy atom. The molecule has 0 radical (unpaired) electrons. The molecule has 0 aromatic carbocycles. The number of amides is 1. The number of hydrogen-bond acceptors (Lipinski definition) is 5. The Hall–Kier alpha value is -2.09. The lowest BCUT2D eigenvalue weighted by Gasteiger charge is -2.54. The van der Waals surface area contributed by atoms with Gasteiger partial charge < -0.3 is 20.4 Å². The average molecular weight is 382 g/mol. The summed E-state index contributed by atoms with van der Waals surface area (Å²) in [4.78, 5) is 31.3. The van der Waals surface area contributed by atoms with E-state index in [9.17, 15) is 4.79 Å². The van der Waals surface area contributed by atoms with Crippen LogP contribution < -0.4 is 10.6 Å². The van der Waals surface area contributed by atoms with Crippen LogP contribution in [0.25, 0.3) is 0 Å². The Kier molecular flexibility index (Phi) is 5.11. The van der Waals surface area contributed by atoms with Gasteiger partial charge in [0.1, 0.15) is 0 Å². The number of aromatic nitrogens is 2. The molecule has 0 bridgehead atoms. The lowest BCUT2D eigenvalue weighted by molar-refractivity contribution is 0.0654. The van der Waals surface area contributed by atoms with Gasteiger partial charge in [-0.15, -0.1) is 0 Å². The molecule has 1 aliphatic rings. The summed E-state index contributed by atoms with van der Waals surface area (Å²) >= 11 is 5.99. The maximum Gasteiger partial charge on any atom is 0.302 e. The number of guanidine groups is 1. The molecule has 0 saturated carbocycles. The van der Waals surface area contributed by atoms with E-state index in [1.807, 2.05) is 23.9 Å². The van der Waals surface area contributed by atoms with Crippen molar-refractivity contribution in [1.29, 1.82) is 0 Å². The second kappa shape index (κ2) is 6.57. The number of carbonyl (C=O) groups is 1. The maximum atomic E-state index is 12.9. The third kappa shape index (κ3) is 3.56. The summed E-state index contributed by atoms with van der Waals surface area (Å²) in [6.07, 6.45) is 0.927. The van der Waals surface area contributed by atoms with Crippen molar-refractivity contribution in [3.8, 4) is 0 Å². The predicted octanol–water partition coefficient (Wildman–Crippen LogP) is 2.10. The summed E-state index contributed by atoms with van der Waals surface area (Å²) < 4.78 is 0. The number of nitrogen functional groups attached to an aromatic ring is 1. The fraction of sp³-hybridized carbons (Fsp3) is 0.647. The summed E-state index contributed by atoms with van der Waals surface area (Å²) in [5.74, 6) is 0.482. The number of rotatable bonds is 2. The van der Waals surface area contributed by atoms with Crippen molar-refractivity contribution < 1.29 is 4.79 Å². The summed E-state index contributed by atoms with van der Waals surface area (Å²) in [5, 5.41) is -0.00911. The van der Waals surface area contributed by atoms with E-state index >= 15 is 0 Å². The SMILES string of the molecule is CN(C)c1nc(N)c(Cl)nc1C(=O)N=C1N(C)C(C)(C)CC(C)(C)N1C. The molecule has 2 N–H and O–H groups in total. The van der Waals surface area contributed by atoms with E-state index in [-0.39, 0.29) is 27.7 Å². The first-order chi connectivity index (χ1) is 11.8. The van der Waals surface area contributed by atoms with E-state index in [1.165, 1.54) is 0 Å². The lowest BCUT2D eigenvalue weighted by Crippen LogP contribution is -2.65. The second-order valence-electron chi connectivity index (χ2n) is 8.10. The van der Waals surface area contributed by atoms with Crippen LogP contribution in [0.3, 0.4) is 0 Å². The Labute approximate surface area is 160 Å². The first-order valence-electron chi connectivity index (χ1n) is 8.39. The number of aliphatic imine (C=N–C) groups is 1. The van der Waals surface area contributed by atoms with Gasteiger partial charge in [0.25, 0.3) is 0 Å². The van der Waals surface area contributed by atoms with Crippen LogP contribution in [0.2, 0.25) is 5.15 Å². The quantitative estimate of drug-likeness (QED) is 0.838. The van der Waals surface area contributed by atoms with E-state index in [0.717, 1.165) is 6.42 Å². The fourth-order valence-electron chi connectivity index (χ4n) is 3.23. The number of hydrogen-bond donors (Lipinski definition) is 1. The van der Waals surface area contributed by atoms with Gasteiger partial charge in [0.2, 0.25) is 5.96 Å².